The van der Waals surface area contributed by atoms with E-state index in [0.29, 0.717) is 5.11 Å². The van der Waals surface area contributed by atoms with Crippen LogP contribution in [0.4, 0.5) is 5.69 Å². The Morgan fingerprint density at radius 1 is 1.17 bits per heavy atom. The lowest BCUT2D eigenvalue weighted by molar-refractivity contribution is 0.481. The third-order valence-corrected chi connectivity index (χ3v) is 2.93. The van der Waals surface area contributed by atoms with Crippen molar-refractivity contribution in [2.45, 2.75) is 13.3 Å². The minimum atomic E-state index is 0.281. The van der Waals surface area contributed by atoms with E-state index in [0.717, 1.165) is 29.4 Å². The van der Waals surface area contributed by atoms with Gasteiger partial charge in [0.1, 0.15) is 5.75 Å². The van der Waals surface area contributed by atoms with Crippen LogP contribution in [-0.4, -0.2) is 16.8 Å². The van der Waals surface area contributed by atoms with E-state index < -0.39 is 0 Å². The van der Waals surface area contributed by atoms with Gasteiger partial charge in [0.05, 0.1) is 0 Å². The number of anilines is 1. The molecule has 0 aliphatic rings. The number of phenolic OH excluding ortho intramolecular Hbond substituents is 1. The third kappa shape index (κ3) is 2.71. The monoisotopic (exact) mass is 260 g/mol. The number of fused-ring (bicyclic) bond motifs is 1. The van der Waals surface area contributed by atoms with E-state index in [2.05, 4.69) is 17.6 Å². The van der Waals surface area contributed by atoms with Gasteiger partial charge in [0.2, 0.25) is 0 Å². The van der Waals surface area contributed by atoms with Crippen molar-refractivity contribution in [1.82, 2.24) is 5.32 Å². The molecule has 94 valence electrons. The molecule has 0 heterocycles. The van der Waals surface area contributed by atoms with Crippen LogP contribution >= 0.6 is 12.2 Å². The van der Waals surface area contributed by atoms with E-state index in [-0.39, 0.29) is 5.75 Å². The van der Waals surface area contributed by atoms with E-state index in [1.54, 1.807) is 6.07 Å². The van der Waals surface area contributed by atoms with E-state index in [9.17, 15) is 5.11 Å². The van der Waals surface area contributed by atoms with Crippen molar-refractivity contribution in [2.24, 2.45) is 0 Å². The van der Waals surface area contributed by atoms with Crippen molar-refractivity contribution in [3.63, 3.8) is 0 Å². The molecular weight excluding hydrogens is 244 g/mol. The molecule has 3 N–H and O–H groups in total. The summed E-state index contributed by atoms with van der Waals surface area (Å²) in [5, 5.41) is 18.5. The van der Waals surface area contributed by atoms with Crippen molar-refractivity contribution < 1.29 is 5.11 Å². The molecule has 0 radical (unpaired) electrons. The summed E-state index contributed by atoms with van der Waals surface area (Å²) in [6.45, 7) is 2.94. The van der Waals surface area contributed by atoms with Crippen LogP contribution in [-0.2, 0) is 0 Å². The van der Waals surface area contributed by atoms with Crippen molar-refractivity contribution in [2.75, 3.05) is 11.9 Å². The van der Waals surface area contributed by atoms with Gasteiger partial charge in [-0.3, -0.25) is 0 Å². The topological polar surface area (TPSA) is 44.3 Å². The van der Waals surface area contributed by atoms with Gasteiger partial charge in [-0.25, -0.2) is 0 Å². The minimum Gasteiger partial charge on any atom is -0.507 e. The predicted octanol–water partition coefficient (Wildman–Crippen LogP) is 3.24. The Labute approximate surface area is 112 Å². The SMILES string of the molecule is CCCNC(=S)Nc1ccc(O)c2ccccc12. The first kappa shape index (κ1) is 12.6. The maximum Gasteiger partial charge on any atom is 0.170 e. The summed E-state index contributed by atoms with van der Waals surface area (Å²) < 4.78 is 0. The largest absolute Gasteiger partial charge is 0.507 e. The molecule has 0 saturated heterocycles. The van der Waals surface area contributed by atoms with E-state index >= 15 is 0 Å². The highest BCUT2D eigenvalue weighted by Gasteiger charge is 2.05. The molecule has 0 bridgehead atoms. The van der Waals surface area contributed by atoms with Gasteiger partial charge < -0.3 is 15.7 Å². The molecule has 0 saturated carbocycles. The molecular formula is C14H16N2OS. The highest BCUT2D eigenvalue weighted by atomic mass is 32.1. The Bertz CT molecular complexity index is 569. The second kappa shape index (κ2) is 5.69. The summed E-state index contributed by atoms with van der Waals surface area (Å²) in [4.78, 5) is 0. The number of benzene rings is 2. The standard InChI is InChI=1S/C14H16N2OS/c1-2-9-15-14(18)16-12-7-8-13(17)11-6-4-3-5-10(11)12/h3-8,17H,2,9H2,1H3,(H2,15,16,18). The maximum atomic E-state index is 9.79. The molecule has 4 heteroatoms. The zero-order valence-corrected chi connectivity index (χ0v) is 11.1. The number of phenols is 1. The Balaban J connectivity index is 2.29. The van der Waals surface area contributed by atoms with Gasteiger partial charge in [0, 0.05) is 23.0 Å². The lowest BCUT2D eigenvalue weighted by Gasteiger charge is -2.12. The maximum absolute atomic E-state index is 9.79. The van der Waals surface area contributed by atoms with Crippen LogP contribution in [0.5, 0.6) is 5.75 Å². The van der Waals surface area contributed by atoms with Gasteiger partial charge in [0.25, 0.3) is 0 Å². The first-order chi connectivity index (χ1) is 8.72. The molecule has 0 amide bonds. The highest BCUT2D eigenvalue weighted by molar-refractivity contribution is 7.80. The van der Waals surface area contributed by atoms with Crippen molar-refractivity contribution >= 4 is 33.8 Å². The minimum absolute atomic E-state index is 0.281. The van der Waals surface area contributed by atoms with E-state index in [4.69, 9.17) is 12.2 Å². The quantitative estimate of drug-likeness (QED) is 0.585. The van der Waals surface area contributed by atoms with Gasteiger partial charge in [-0.1, -0.05) is 31.2 Å². The first-order valence-electron chi connectivity index (χ1n) is 5.98. The molecule has 0 aliphatic carbocycles. The molecule has 2 rings (SSSR count). The van der Waals surface area contributed by atoms with Crippen LogP contribution in [0.3, 0.4) is 0 Å². The Morgan fingerprint density at radius 2 is 1.89 bits per heavy atom. The van der Waals surface area contributed by atoms with E-state index in [1.165, 1.54) is 0 Å². The smallest absolute Gasteiger partial charge is 0.170 e. The second-order valence-electron chi connectivity index (χ2n) is 4.06. The van der Waals surface area contributed by atoms with Crippen molar-refractivity contribution in [3.8, 4) is 5.75 Å². The predicted molar refractivity (Wildman–Crippen MR) is 80.1 cm³/mol. The van der Waals surface area contributed by atoms with Crippen molar-refractivity contribution in [1.29, 1.82) is 0 Å². The average Bonchev–Trinajstić information content (AvgIpc) is 2.40. The fourth-order valence-corrected chi connectivity index (χ4v) is 2.01. The summed E-state index contributed by atoms with van der Waals surface area (Å²) in [6.07, 6.45) is 1.03. The van der Waals surface area contributed by atoms with Gasteiger partial charge in [-0.05, 0) is 30.8 Å². The number of rotatable bonds is 3. The molecule has 0 atom stereocenters. The Hall–Kier alpha value is -1.81. The van der Waals surface area contributed by atoms with Crippen LogP contribution in [0.2, 0.25) is 0 Å². The molecule has 0 fully saturated rings. The number of hydrogen-bond donors (Lipinski definition) is 3. The summed E-state index contributed by atoms with van der Waals surface area (Å²) in [6, 6.07) is 11.2. The molecule has 0 unspecified atom stereocenters. The number of thiocarbonyl (C=S) groups is 1. The Morgan fingerprint density at radius 3 is 2.61 bits per heavy atom. The molecule has 0 aliphatic heterocycles. The lowest BCUT2D eigenvalue weighted by atomic mass is 10.1. The fraction of sp³-hybridized carbons (Fsp3) is 0.214. The number of nitrogens with one attached hydrogen (secondary N) is 2. The van der Waals surface area contributed by atoms with Gasteiger partial charge in [0.15, 0.2) is 5.11 Å². The van der Waals surface area contributed by atoms with Crippen LogP contribution in [0.1, 0.15) is 13.3 Å². The second-order valence-corrected chi connectivity index (χ2v) is 4.47. The molecule has 0 aromatic heterocycles. The van der Waals surface area contributed by atoms with Crippen LogP contribution < -0.4 is 10.6 Å². The Kier molecular flexibility index (Phi) is 3.99. The molecule has 2 aromatic rings. The lowest BCUT2D eigenvalue weighted by Crippen LogP contribution is -2.28. The normalized spacial score (nSPS) is 10.3. The first-order valence-corrected chi connectivity index (χ1v) is 6.38. The van der Waals surface area contributed by atoms with Crippen LogP contribution in [0.15, 0.2) is 36.4 Å². The zero-order chi connectivity index (χ0) is 13.0. The van der Waals surface area contributed by atoms with Crippen LogP contribution in [0, 0.1) is 0 Å². The molecule has 3 nitrogen and oxygen atoms in total. The van der Waals surface area contributed by atoms with Gasteiger partial charge >= 0.3 is 0 Å². The summed E-state index contributed by atoms with van der Waals surface area (Å²) in [5.41, 5.74) is 0.900. The third-order valence-electron chi connectivity index (χ3n) is 2.68. The van der Waals surface area contributed by atoms with Gasteiger partial charge in [-0.15, -0.1) is 0 Å². The highest BCUT2D eigenvalue weighted by Crippen LogP contribution is 2.30. The average molecular weight is 260 g/mol. The fourth-order valence-electron chi connectivity index (χ4n) is 1.80. The van der Waals surface area contributed by atoms with Gasteiger partial charge in [-0.2, -0.15) is 0 Å². The van der Waals surface area contributed by atoms with E-state index in [1.807, 2.05) is 30.3 Å². The number of hydrogen-bond acceptors (Lipinski definition) is 2. The zero-order valence-electron chi connectivity index (χ0n) is 10.2. The van der Waals surface area contributed by atoms with Crippen LogP contribution in [0.25, 0.3) is 10.8 Å². The molecule has 2 aromatic carbocycles. The molecule has 18 heavy (non-hydrogen) atoms. The summed E-state index contributed by atoms with van der Waals surface area (Å²) in [5.74, 6) is 0.281. The number of aromatic hydroxyl groups is 1. The summed E-state index contributed by atoms with van der Waals surface area (Å²) in [7, 11) is 0. The summed E-state index contributed by atoms with van der Waals surface area (Å²) >= 11 is 5.21. The van der Waals surface area contributed by atoms with Crippen molar-refractivity contribution in [3.05, 3.63) is 36.4 Å². The molecule has 0 spiro atoms.